The summed E-state index contributed by atoms with van der Waals surface area (Å²) in [6.07, 6.45) is 1.09. The minimum atomic E-state index is -0.608. The monoisotopic (exact) mass is 341 g/mol. The largest absolute Gasteiger partial charge is 0.463 e. The number of carbonyl (C=O) groups is 2. The van der Waals surface area contributed by atoms with Crippen LogP contribution in [0.2, 0.25) is 0 Å². The lowest BCUT2D eigenvalue weighted by Gasteiger charge is -2.10. The summed E-state index contributed by atoms with van der Waals surface area (Å²) in [7, 11) is 0. The van der Waals surface area contributed by atoms with E-state index in [2.05, 4.69) is 21.2 Å². The molecule has 0 amide bonds. The number of benzene rings is 1. The van der Waals surface area contributed by atoms with Gasteiger partial charge in [0.15, 0.2) is 0 Å². The van der Waals surface area contributed by atoms with Gasteiger partial charge >= 0.3 is 11.9 Å². The van der Waals surface area contributed by atoms with Crippen LogP contribution in [0.4, 0.5) is 5.69 Å². The van der Waals surface area contributed by atoms with Crippen molar-refractivity contribution in [2.45, 2.75) is 13.8 Å². The summed E-state index contributed by atoms with van der Waals surface area (Å²) in [6.45, 7) is 3.85. The van der Waals surface area contributed by atoms with E-state index < -0.39 is 11.9 Å². The number of esters is 2. The molecular weight excluding hydrogens is 326 g/mol. The van der Waals surface area contributed by atoms with Gasteiger partial charge in [-0.2, -0.15) is 0 Å². The SMILES string of the molecule is CCOC(=O)C=C(Nc1ccc(Br)cc1)C(=O)OCC. The zero-order chi connectivity index (χ0) is 15.0. The van der Waals surface area contributed by atoms with Crippen molar-refractivity contribution in [2.75, 3.05) is 18.5 Å². The predicted molar refractivity (Wildman–Crippen MR) is 79.1 cm³/mol. The van der Waals surface area contributed by atoms with Crippen LogP contribution in [0.1, 0.15) is 13.8 Å². The topological polar surface area (TPSA) is 64.6 Å². The van der Waals surface area contributed by atoms with Crippen molar-refractivity contribution in [3.8, 4) is 0 Å². The summed E-state index contributed by atoms with van der Waals surface area (Å²) in [5.41, 5.74) is 0.699. The summed E-state index contributed by atoms with van der Waals surface area (Å²) in [5.74, 6) is -1.20. The Morgan fingerprint density at radius 3 is 2.30 bits per heavy atom. The highest BCUT2D eigenvalue weighted by atomic mass is 79.9. The number of nitrogens with one attached hydrogen (secondary N) is 1. The second-order valence-electron chi connectivity index (χ2n) is 3.66. The second-order valence-corrected chi connectivity index (χ2v) is 4.58. The predicted octanol–water partition coefficient (Wildman–Crippen LogP) is 2.87. The Kier molecular flexibility index (Phi) is 6.79. The van der Waals surface area contributed by atoms with Crippen LogP contribution in [-0.4, -0.2) is 25.2 Å². The molecule has 0 unspecified atom stereocenters. The van der Waals surface area contributed by atoms with Gasteiger partial charge < -0.3 is 14.8 Å². The van der Waals surface area contributed by atoms with Gasteiger partial charge in [-0.1, -0.05) is 15.9 Å². The van der Waals surface area contributed by atoms with Gasteiger partial charge in [0, 0.05) is 10.2 Å². The summed E-state index contributed by atoms with van der Waals surface area (Å²) < 4.78 is 10.6. The Morgan fingerprint density at radius 2 is 1.75 bits per heavy atom. The lowest BCUT2D eigenvalue weighted by atomic mass is 10.3. The average Bonchev–Trinajstić information content (AvgIpc) is 2.41. The maximum absolute atomic E-state index is 11.8. The molecule has 0 fully saturated rings. The van der Waals surface area contributed by atoms with E-state index in [1.165, 1.54) is 0 Å². The van der Waals surface area contributed by atoms with Crippen LogP contribution in [0.5, 0.6) is 0 Å². The lowest BCUT2D eigenvalue weighted by molar-refractivity contribution is -0.140. The van der Waals surface area contributed by atoms with E-state index in [-0.39, 0.29) is 18.9 Å². The molecule has 6 heteroatoms. The number of halogens is 1. The highest BCUT2D eigenvalue weighted by Gasteiger charge is 2.13. The van der Waals surface area contributed by atoms with E-state index in [1.807, 2.05) is 12.1 Å². The average molecular weight is 342 g/mol. The highest BCUT2D eigenvalue weighted by Crippen LogP contribution is 2.16. The van der Waals surface area contributed by atoms with Crippen molar-refractivity contribution in [3.63, 3.8) is 0 Å². The van der Waals surface area contributed by atoms with Crippen molar-refractivity contribution < 1.29 is 19.1 Å². The number of ether oxygens (including phenoxy) is 2. The van der Waals surface area contributed by atoms with E-state index in [9.17, 15) is 9.59 Å². The van der Waals surface area contributed by atoms with Crippen LogP contribution in [0, 0.1) is 0 Å². The fraction of sp³-hybridized carbons (Fsp3) is 0.286. The van der Waals surface area contributed by atoms with Gasteiger partial charge in [0.1, 0.15) is 5.70 Å². The van der Waals surface area contributed by atoms with E-state index in [0.717, 1.165) is 10.5 Å². The minimum absolute atomic E-state index is 0.0348. The molecule has 5 nitrogen and oxygen atoms in total. The fourth-order valence-electron chi connectivity index (χ4n) is 1.35. The quantitative estimate of drug-likeness (QED) is 0.636. The molecule has 1 aromatic rings. The molecule has 1 aromatic carbocycles. The standard InChI is InChI=1S/C14H16BrNO4/c1-3-19-13(17)9-12(14(18)20-4-2)16-11-7-5-10(15)6-8-11/h5-9,16H,3-4H2,1-2H3. The van der Waals surface area contributed by atoms with Crippen LogP contribution in [-0.2, 0) is 19.1 Å². The molecule has 0 spiro atoms. The zero-order valence-corrected chi connectivity index (χ0v) is 12.9. The molecule has 20 heavy (non-hydrogen) atoms. The fourth-order valence-corrected chi connectivity index (χ4v) is 1.61. The van der Waals surface area contributed by atoms with Crippen molar-refractivity contribution >= 4 is 33.6 Å². The smallest absolute Gasteiger partial charge is 0.355 e. The van der Waals surface area contributed by atoms with Gasteiger partial charge in [-0.25, -0.2) is 9.59 Å². The van der Waals surface area contributed by atoms with Crippen LogP contribution in [0.25, 0.3) is 0 Å². The molecule has 0 atom stereocenters. The number of hydrogen-bond donors (Lipinski definition) is 1. The first-order valence-corrected chi connectivity index (χ1v) is 6.94. The van der Waals surface area contributed by atoms with Gasteiger partial charge in [-0.3, -0.25) is 0 Å². The van der Waals surface area contributed by atoms with Crippen molar-refractivity contribution in [1.82, 2.24) is 0 Å². The number of carbonyl (C=O) groups excluding carboxylic acids is 2. The van der Waals surface area contributed by atoms with E-state index >= 15 is 0 Å². The lowest BCUT2D eigenvalue weighted by Crippen LogP contribution is -2.17. The molecule has 1 rings (SSSR count). The molecule has 108 valence electrons. The molecule has 0 aliphatic carbocycles. The molecule has 0 saturated heterocycles. The molecular formula is C14H16BrNO4. The highest BCUT2D eigenvalue weighted by molar-refractivity contribution is 9.10. The summed E-state index contributed by atoms with van der Waals surface area (Å²) in [5, 5.41) is 2.85. The second kappa shape index (κ2) is 8.37. The van der Waals surface area contributed by atoms with E-state index in [1.54, 1.807) is 26.0 Å². The summed E-state index contributed by atoms with van der Waals surface area (Å²) in [4.78, 5) is 23.2. The molecule has 1 N–H and O–H groups in total. The number of rotatable bonds is 6. The molecule has 0 aliphatic heterocycles. The van der Waals surface area contributed by atoms with Crippen LogP contribution in [0.15, 0.2) is 40.5 Å². The van der Waals surface area contributed by atoms with Crippen molar-refractivity contribution in [1.29, 1.82) is 0 Å². The molecule has 0 bridgehead atoms. The third kappa shape index (κ3) is 5.44. The first-order chi connectivity index (χ1) is 9.56. The van der Waals surface area contributed by atoms with Crippen LogP contribution < -0.4 is 5.32 Å². The Bertz CT molecular complexity index is 496. The number of hydrogen-bond acceptors (Lipinski definition) is 5. The Morgan fingerprint density at radius 1 is 1.15 bits per heavy atom. The van der Waals surface area contributed by atoms with Crippen LogP contribution >= 0.6 is 15.9 Å². The van der Waals surface area contributed by atoms with Gasteiger partial charge in [0.25, 0.3) is 0 Å². The van der Waals surface area contributed by atoms with Crippen molar-refractivity contribution in [3.05, 3.63) is 40.5 Å². The zero-order valence-electron chi connectivity index (χ0n) is 11.3. The first-order valence-electron chi connectivity index (χ1n) is 6.15. The summed E-state index contributed by atoms with van der Waals surface area (Å²) >= 11 is 3.32. The maximum atomic E-state index is 11.8. The maximum Gasteiger partial charge on any atom is 0.355 e. The Labute approximate surface area is 126 Å². The van der Waals surface area contributed by atoms with Crippen molar-refractivity contribution in [2.24, 2.45) is 0 Å². The third-order valence-electron chi connectivity index (χ3n) is 2.17. The Hall–Kier alpha value is -1.82. The summed E-state index contributed by atoms with van der Waals surface area (Å²) in [6, 6.07) is 7.16. The normalized spacial score (nSPS) is 10.8. The van der Waals surface area contributed by atoms with Gasteiger partial charge in [0.2, 0.25) is 0 Å². The third-order valence-corrected chi connectivity index (χ3v) is 2.70. The molecule has 0 aromatic heterocycles. The Balaban J connectivity index is 2.89. The number of anilines is 1. The van der Waals surface area contributed by atoms with Gasteiger partial charge in [0.05, 0.1) is 19.3 Å². The molecule has 0 aliphatic rings. The minimum Gasteiger partial charge on any atom is -0.463 e. The van der Waals surface area contributed by atoms with E-state index in [4.69, 9.17) is 9.47 Å². The van der Waals surface area contributed by atoms with Gasteiger partial charge in [-0.05, 0) is 38.1 Å². The van der Waals surface area contributed by atoms with Gasteiger partial charge in [-0.15, -0.1) is 0 Å². The molecule has 0 saturated carbocycles. The van der Waals surface area contributed by atoms with Crippen LogP contribution in [0.3, 0.4) is 0 Å². The molecule has 0 radical (unpaired) electrons. The first kappa shape index (κ1) is 16.2. The van der Waals surface area contributed by atoms with E-state index in [0.29, 0.717) is 5.69 Å². The molecule has 0 heterocycles.